The summed E-state index contributed by atoms with van der Waals surface area (Å²) in [7, 11) is 0. The normalized spacial score (nSPS) is 10.7. The van der Waals surface area contributed by atoms with E-state index in [1.807, 2.05) is 55.5 Å². The van der Waals surface area contributed by atoms with Gasteiger partial charge in [0.25, 0.3) is 0 Å². The van der Waals surface area contributed by atoms with Gasteiger partial charge in [-0.05, 0) is 31.2 Å². The smallest absolute Gasteiger partial charge is 0.154 e. The minimum atomic E-state index is 0.588. The Morgan fingerprint density at radius 1 is 1.11 bits per heavy atom. The van der Waals surface area contributed by atoms with Gasteiger partial charge in [0.15, 0.2) is 5.76 Å². The second-order valence-electron chi connectivity index (χ2n) is 4.11. The van der Waals surface area contributed by atoms with Crippen molar-refractivity contribution in [2.75, 3.05) is 5.73 Å². The second-order valence-corrected chi connectivity index (χ2v) is 4.11. The van der Waals surface area contributed by atoms with Crippen LogP contribution in [0.5, 0.6) is 0 Å². The SMILES string of the molecule is Cc1ccc(-c2cc(N)n(-c3ccccc3)n2)o1. The number of hydrogen-bond donors (Lipinski definition) is 1. The van der Waals surface area contributed by atoms with Crippen molar-refractivity contribution in [1.82, 2.24) is 9.78 Å². The number of anilines is 1. The summed E-state index contributed by atoms with van der Waals surface area (Å²) < 4.78 is 7.24. The highest BCUT2D eigenvalue weighted by atomic mass is 16.3. The Balaban J connectivity index is 2.06. The maximum atomic E-state index is 5.98. The monoisotopic (exact) mass is 239 g/mol. The summed E-state index contributed by atoms with van der Waals surface area (Å²) >= 11 is 0. The molecule has 0 fully saturated rings. The summed E-state index contributed by atoms with van der Waals surface area (Å²) in [6.45, 7) is 1.90. The van der Waals surface area contributed by atoms with Crippen LogP contribution in [-0.4, -0.2) is 9.78 Å². The number of aryl methyl sites for hydroxylation is 1. The highest BCUT2D eigenvalue weighted by molar-refractivity contribution is 5.59. The van der Waals surface area contributed by atoms with E-state index < -0.39 is 0 Å². The second kappa shape index (κ2) is 4.07. The minimum absolute atomic E-state index is 0.588. The first-order chi connectivity index (χ1) is 8.74. The number of benzene rings is 1. The molecule has 4 nitrogen and oxygen atoms in total. The number of aromatic nitrogens is 2. The molecule has 0 bridgehead atoms. The molecule has 0 aliphatic heterocycles. The number of para-hydroxylation sites is 1. The van der Waals surface area contributed by atoms with Gasteiger partial charge in [0, 0.05) is 6.07 Å². The van der Waals surface area contributed by atoms with Gasteiger partial charge >= 0.3 is 0 Å². The zero-order valence-electron chi connectivity index (χ0n) is 10.00. The molecule has 4 heteroatoms. The van der Waals surface area contributed by atoms with Crippen LogP contribution in [0.25, 0.3) is 17.1 Å². The van der Waals surface area contributed by atoms with Crippen molar-refractivity contribution in [3.8, 4) is 17.1 Å². The van der Waals surface area contributed by atoms with Crippen molar-refractivity contribution >= 4 is 5.82 Å². The molecule has 0 spiro atoms. The van der Waals surface area contributed by atoms with Gasteiger partial charge in [-0.1, -0.05) is 18.2 Å². The molecular formula is C14H13N3O. The van der Waals surface area contributed by atoms with E-state index in [9.17, 15) is 0 Å². The molecule has 0 unspecified atom stereocenters. The Hall–Kier alpha value is -2.49. The van der Waals surface area contributed by atoms with Crippen LogP contribution >= 0.6 is 0 Å². The van der Waals surface area contributed by atoms with Gasteiger partial charge in [-0.25, -0.2) is 4.68 Å². The van der Waals surface area contributed by atoms with Crippen molar-refractivity contribution in [1.29, 1.82) is 0 Å². The lowest BCUT2D eigenvalue weighted by Crippen LogP contribution is -2.00. The zero-order valence-corrected chi connectivity index (χ0v) is 10.00. The van der Waals surface area contributed by atoms with Crippen LogP contribution in [0.4, 0.5) is 5.82 Å². The van der Waals surface area contributed by atoms with E-state index in [2.05, 4.69) is 5.10 Å². The first-order valence-electron chi connectivity index (χ1n) is 5.72. The molecule has 0 amide bonds. The molecule has 18 heavy (non-hydrogen) atoms. The molecule has 90 valence electrons. The molecule has 0 aliphatic rings. The van der Waals surface area contributed by atoms with E-state index in [1.165, 1.54) is 0 Å². The Morgan fingerprint density at radius 2 is 1.89 bits per heavy atom. The van der Waals surface area contributed by atoms with Crippen molar-refractivity contribution in [3.63, 3.8) is 0 Å². The number of nitrogens with zero attached hydrogens (tertiary/aromatic N) is 2. The highest BCUT2D eigenvalue weighted by Crippen LogP contribution is 2.24. The van der Waals surface area contributed by atoms with Gasteiger partial charge in [0.05, 0.1) is 5.69 Å². The molecule has 2 N–H and O–H groups in total. The third-order valence-electron chi connectivity index (χ3n) is 2.73. The van der Waals surface area contributed by atoms with E-state index in [-0.39, 0.29) is 0 Å². The van der Waals surface area contributed by atoms with Crippen LogP contribution < -0.4 is 5.73 Å². The lowest BCUT2D eigenvalue weighted by Gasteiger charge is -2.02. The fraction of sp³-hybridized carbons (Fsp3) is 0.0714. The number of furan rings is 1. The number of nitrogen functional groups attached to an aromatic ring is 1. The third kappa shape index (κ3) is 1.78. The molecule has 1 aromatic carbocycles. The van der Waals surface area contributed by atoms with Crippen LogP contribution in [-0.2, 0) is 0 Å². The molecule has 0 radical (unpaired) electrons. The van der Waals surface area contributed by atoms with Gasteiger partial charge < -0.3 is 10.2 Å². The topological polar surface area (TPSA) is 57.0 Å². The molecule has 3 aromatic rings. The zero-order chi connectivity index (χ0) is 12.5. The minimum Gasteiger partial charge on any atom is -0.460 e. The van der Waals surface area contributed by atoms with E-state index in [1.54, 1.807) is 4.68 Å². The van der Waals surface area contributed by atoms with Gasteiger partial charge in [0.2, 0.25) is 0 Å². The highest BCUT2D eigenvalue weighted by Gasteiger charge is 2.11. The predicted octanol–water partition coefficient (Wildman–Crippen LogP) is 3.02. The quantitative estimate of drug-likeness (QED) is 0.747. The van der Waals surface area contributed by atoms with Crippen molar-refractivity contribution < 1.29 is 4.42 Å². The molecule has 0 saturated carbocycles. The molecular weight excluding hydrogens is 226 g/mol. The molecule has 3 rings (SSSR count). The maximum Gasteiger partial charge on any atom is 0.154 e. The van der Waals surface area contributed by atoms with E-state index >= 15 is 0 Å². The van der Waals surface area contributed by atoms with Gasteiger partial charge in [-0.15, -0.1) is 0 Å². The van der Waals surface area contributed by atoms with Crippen LogP contribution in [0, 0.1) is 6.92 Å². The van der Waals surface area contributed by atoms with E-state index in [0.717, 1.165) is 22.9 Å². The Morgan fingerprint density at radius 3 is 2.56 bits per heavy atom. The van der Waals surface area contributed by atoms with E-state index in [4.69, 9.17) is 10.2 Å². The molecule has 0 saturated heterocycles. The standard InChI is InChI=1S/C14H13N3O/c1-10-7-8-13(18-10)12-9-14(15)17(16-12)11-5-3-2-4-6-11/h2-9H,15H2,1H3. The van der Waals surface area contributed by atoms with Crippen molar-refractivity contribution in [3.05, 3.63) is 54.3 Å². The largest absolute Gasteiger partial charge is 0.460 e. The fourth-order valence-corrected chi connectivity index (χ4v) is 1.86. The Kier molecular flexibility index (Phi) is 2.41. The molecule has 2 heterocycles. The summed E-state index contributed by atoms with van der Waals surface area (Å²) in [6.07, 6.45) is 0. The summed E-state index contributed by atoms with van der Waals surface area (Å²) in [5, 5.41) is 4.46. The number of nitrogens with two attached hydrogens (primary N) is 1. The lowest BCUT2D eigenvalue weighted by molar-refractivity contribution is 0.545. The third-order valence-corrected chi connectivity index (χ3v) is 2.73. The first kappa shape index (κ1) is 10.7. The van der Waals surface area contributed by atoms with Crippen LogP contribution in [0.1, 0.15) is 5.76 Å². The average molecular weight is 239 g/mol. The number of rotatable bonds is 2. The Bertz CT molecular complexity index is 667. The summed E-state index contributed by atoms with van der Waals surface area (Å²) in [4.78, 5) is 0. The Labute approximate surface area is 105 Å². The van der Waals surface area contributed by atoms with E-state index in [0.29, 0.717) is 5.82 Å². The fourth-order valence-electron chi connectivity index (χ4n) is 1.86. The van der Waals surface area contributed by atoms with Crippen LogP contribution in [0.15, 0.2) is 52.9 Å². The predicted molar refractivity (Wildman–Crippen MR) is 70.4 cm³/mol. The van der Waals surface area contributed by atoms with Crippen molar-refractivity contribution in [2.45, 2.75) is 6.92 Å². The average Bonchev–Trinajstić information content (AvgIpc) is 2.97. The van der Waals surface area contributed by atoms with Gasteiger partial charge in [-0.3, -0.25) is 0 Å². The summed E-state index contributed by atoms with van der Waals surface area (Å²) in [5.74, 6) is 2.18. The first-order valence-corrected chi connectivity index (χ1v) is 5.72. The lowest BCUT2D eigenvalue weighted by atomic mass is 10.3. The van der Waals surface area contributed by atoms with Crippen LogP contribution in [0.3, 0.4) is 0 Å². The maximum absolute atomic E-state index is 5.98. The molecule has 0 aliphatic carbocycles. The van der Waals surface area contributed by atoms with Gasteiger partial charge in [0.1, 0.15) is 17.3 Å². The van der Waals surface area contributed by atoms with Crippen molar-refractivity contribution in [2.24, 2.45) is 0 Å². The van der Waals surface area contributed by atoms with Crippen LogP contribution in [0.2, 0.25) is 0 Å². The molecule has 0 atom stereocenters. The van der Waals surface area contributed by atoms with Gasteiger partial charge in [-0.2, -0.15) is 5.10 Å². The molecule has 2 aromatic heterocycles. The summed E-state index contributed by atoms with van der Waals surface area (Å²) in [6, 6.07) is 15.4. The number of hydrogen-bond acceptors (Lipinski definition) is 3. The summed E-state index contributed by atoms with van der Waals surface area (Å²) in [5.41, 5.74) is 7.65.